The van der Waals surface area contributed by atoms with Gasteiger partial charge < -0.3 is 11.5 Å². The van der Waals surface area contributed by atoms with Crippen molar-refractivity contribution < 1.29 is 0 Å². The van der Waals surface area contributed by atoms with Crippen molar-refractivity contribution in [3.8, 4) is 0 Å². The summed E-state index contributed by atoms with van der Waals surface area (Å²) < 4.78 is 0. The number of thiol groups is 2. The van der Waals surface area contributed by atoms with Crippen LogP contribution in [-0.2, 0) is 0 Å². The van der Waals surface area contributed by atoms with Crippen LogP contribution in [0.1, 0.15) is 0 Å². The average Bonchev–Trinajstić information content (AvgIpc) is 2.40. The highest BCUT2D eigenvalue weighted by Crippen LogP contribution is 2.29. The molecule has 0 amide bonds. The van der Waals surface area contributed by atoms with Crippen molar-refractivity contribution in [2.75, 3.05) is 34.5 Å². The van der Waals surface area contributed by atoms with Crippen molar-refractivity contribution in [1.29, 1.82) is 0 Å². The number of guanidine groups is 2. The van der Waals surface area contributed by atoms with Crippen molar-refractivity contribution in [2.24, 2.45) is 27.2 Å². The monoisotopic (exact) mass is 386 g/mol. The quantitative estimate of drug-likeness (QED) is 0.181. The summed E-state index contributed by atoms with van der Waals surface area (Å²) in [6, 6.07) is 0. The van der Waals surface area contributed by atoms with E-state index in [0.717, 1.165) is 34.5 Å². The predicted molar refractivity (Wildman–Crippen MR) is 107 cm³/mol. The molecule has 21 heavy (non-hydrogen) atoms. The third-order valence-corrected chi connectivity index (χ3v) is 7.31. The molecular formula is C10H22N6S5. The van der Waals surface area contributed by atoms with Crippen molar-refractivity contribution in [3.63, 3.8) is 0 Å². The van der Waals surface area contributed by atoms with E-state index >= 15 is 0 Å². The van der Waals surface area contributed by atoms with Crippen LogP contribution in [0.15, 0.2) is 9.98 Å². The zero-order chi connectivity index (χ0) is 15.7. The Morgan fingerprint density at radius 3 is 2.29 bits per heavy atom. The van der Waals surface area contributed by atoms with E-state index in [2.05, 4.69) is 40.6 Å². The van der Waals surface area contributed by atoms with Crippen LogP contribution in [0.4, 0.5) is 0 Å². The Labute approximate surface area is 149 Å². The van der Waals surface area contributed by atoms with E-state index in [1.807, 2.05) is 23.5 Å². The van der Waals surface area contributed by atoms with Gasteiger partial charge in [-0.1, -0.05) is 11.8 Å². The Hall–Kier alpha value is 0.450. The number of hydrogen-bond donors (Lipinski definition) is 6. The molecule has 1 aliphatic rings. The normalized spacial score (nSPS) is 18.6. The zero-order valence-electron chi connectivity index (χ0n) is 11.6. The molecule has 0 aromatic carbocycles. The van der Waals surface area contributed by atoms with Gasteiger partial charge in [0.2, 0.25) is 0 Å². The number of rotatable bonds is 10. The maximum Gasteiger partial charge on any atom is 0.258 e. The lowest BCUT2D eigenvalue weighted by atomic mass is 10.5. The van der Waals surface area contributed by atoms with Crippen molar-refractivity contribution in [1.82, 2.24) is 5.32 Å². The second-order valence-corrected chi connectivity index (χ2v) is 8.78. The van der Waals surface area contributed by atoms with E-state index in [1.165, 1.54) is 11.8 Å². The number of hydrogen-bond acceptors (Lipinski definition) is 11. The van der Waals surface area contributed by atoms with Crippen LogP contribution < -0.4 is 22.5 Å². The van der Waals surface area contributed by atoms with Crippen LogP contribution in [0.5, 0.6) is 0 Å². The van der Waals surface area contributed by atoms with E-state index in [-0.39, 0.29) is 11.9 Å². The van der Waals surface area contributed by atoms with Gasteiger partial charge in [0.25, 0.3) is 5.12 Å². The van der Waals surface area contributed by atoms with Crippen molar-refractivity contribution in [3.05, 3.63) is 0 Å². The minimum absolute atomic E-state index is 0.196. The van der Waals surface area contributed by atoms with Gasteiger partial charge in [-0.05, 0) is 11.5 Å². The van der Waals surface area contributed by atoms with E-state index in [9.17, 15) is 0 Å². The van der Waals surface area contributed by atoms with E-state index in [0.29, 0.717) is 5.25 Å². The molecule has 0 radical (unpaired) electrons. The van der Waals surface area contributed by atoms with Crippen LogP contribution in [0.2, 0.25) is 0 Å². The molecule has 0 spiro atoms. The van der Waals surface area contributed by atoms with Gasteiger partial charge in [-0.2, -0.15) is 58.8 Å². The summed E-state index contributed by atoms with van der Waals surface area (Å²) in [5.74, 6) is 6.04. The second-order valence-electron chi connectivity index (χ2n) is 4.10. The standard InChI is InChI=1S/C10H22N6S5/c11-8-14-9(12)16-10(13,15-8)21-6-7(20-4-2-18)5-19-3-1-17/h7,17-18H,1-6,13H2,(H5,11,12,14,15,16). The number of nitrogens with zero attached hydrogens (tertiary/aromatic N) is 2. The fraction of sp³-hybridized carbons (Fsp3) is 0.800. The Morgan fingerprint density at radius 1 is 1.10 bits per heavy atom. The molecule has 0 fully saturated rings. The first-order valence-electron chi connectivity index (χ1n) is 6.30. The number of nitrogens with one attached hydrogen (secondary N) is 1. The first kappa shape index (κ1) is 19.5. The van der Waals surface area contributed by atoms with E-state index in [1.54, 1.807) is 0 Å². The fourth-order valence-electron chi connectivity index (χ4n) is 1.48. The summed E-state index contributed by atoms with van der Waals surface area (Å²) in [6.07, 6.45) is 0. The summed E-state index contributed by atoms with van der Waals surface area (Å²) in [6.45, 7) is 0. The van der Waals surface area contributed by atoms with Crippen LogP contribution in [0.3, 0.4) is 0 Å². The summed E-state index contributed by atoms with van der Waals surface area (Å²) in [7, 11) is 0. The molecule has 1 heterocycles. The Morgan fingerprint density at radius 2 is 1.71 bits per heavy atom. The number of aliphatic imine (C=N–C) groups is 2. The highest BCUT2D eigenvalue weighted by atomic mass is 32.2. The summed E-state index contributed by atoms with van der Waals surface area (Å²) in [5, 5.41) is 1.95. The van der Waals surface area contributed by atoms with E-state index < -0.39 is 5.12 Å². The van der Waals surface area contributed by atoms with Crippen LogP contribution in [0, 0.1) is 0 Å². The molecule has 11 heteroatoms. The van der Waals surface area contributed by atoms with Crippen LogP contribution >= 0.6 is 60.5 Å². The fourth-order valence-corrected chi connectivity index (χ4v) is 5.59. The lowest BCUT2D eigenvalue weighted by Crippen LogP contribution is -2.51. The Kier molecular flexibility index (Phi) is 9.53. The van der Waals surface area contributed by atoms with E-state index in [4.69, 9.17) is 17.2 Å². The molecule has 122 valence electrons. The van der Waals surface area contributed by atoms with Gasteiger partial charge in [0.05, 0.1) is 0 Å². The lowest BCUT2D eigenvalue weighted by molar-refractivity contribution is 0.663. The molecule has 1 atom stereocenters. The van der Waals surface area contributed by atoms with Crippen molar-refractivity contribution >= 4 is 72.5 Å². The first-order valence-corrected chi connectivity index (χ1v) is 10.8. The SMILES string of the molecule is NC1=NC(N)(SCC(CSCCS)SCCS)N=C(N)N1. The molecule has 0 aromatic heterocycles. The Bertz CT molecular complexity index is 359. The third-order valence-electron chi connectivity index (χ3n) is 2.28. The molecule has 7 N–H and O–H groups in total. The molecule has 0 saturated heterocycles. The summed E-state index contributed by atoms with van der Waals surface area (Å²) in [5.41, 5.74) is 17.4. The van der Waals surface area contributed by atoms with Gasteiger partial charge in [0.15, 0.2) is 11.9 Å². The second kappa shape index (κ2) is 10.3. The maximum atomic E-state index is 6.12. The minimum Gasteiger partial charge on any atom is -0.369 e. The molecule has 0 bridgehead atoms. The smallest absolute Gasteiger partial charge is 0.258 e. The average molecular weight is 387 g/mol. The van der Waals surface area contributed by atoms with Gasteiger partial charge in [0, 0.05) is 28.3 Å². The van der Waals surface area contributed by atoms with Crippen molar-refractivity contribution in [2.45, 2.75) is 10.4 Å². The number of thioether (sulfide) groups is 3. The number of nitrogens with two attached hydrogens (primary N) is 3. The van der Waals surface area contributed by atoms with Gasteiger partial charge >= 0.3 is 0 Å². The van der Waals surface area contributed by atoms with Crippen LogP contribution in [-0.4, -0.2) is 56.8 Å². The molecular weight excluding hydrogens is 364 g/mol. The van der Waals surface area contributed by atoms with Gasteiger partial charge in [0.1, 0.15) is 0 Å². The largest absolute Gasteiger partial charge is 0.369 e. The van der Waals surface area contributed by atoms with Gasteiger partial charge in [-0.15, -0.1) is 0 Å². The van der Waals surface area contributed by atoms with Gasteiger partial charge in [-0.25, -0.2) is 0 Å². The molecule has 0 saturated carbocycles. The maximum absolute atomic E-state index is 6.12. The van der Waals surface area contributed by atoms with Crippen LogP contribution in [0.25, 0.3) is 0 Å². The molecule has 0 aromatic rings. The summed E-state index contributed by atoms with van der Waals surface area (Å²) >= 11 is 13.7. The molecule has 0 aliphatic carbocycles. The third kappa shape index (κ3) is 8.03. The predicted octanol–water partition coefficient (Wildman–Crippen LogP) is 0.217. The first-order chi connectivity index (χ1) is 9.99. The lowest BCUT2D eigenvalue weighted by Gasteiger charge is -2.27. The minimum atomic E-state index is -1.13. The summed E-state index contributed by atoms with van der Waals surface area (Å²) in [4.78, 5) is 8.25. The zero-order valence-corrected chi connectivity index (χ0v) is 15.8. The highest BCUT2D eigenvalue weighted by molar-refractivity contribution is 8.06. The Balaban J connectivity index is 2.51. The molecule has 6 nitrogen and oxygen atoms in total. The molecule has 1 rings (SSSR count). The van der Waals surface area contributed by atoms with Gasteiger partial charge in [-0.3, -0.25) is 11.1 Å². The highest BCUT2D eigenvalue weighted by Gasteiger charge is 2.29. The molecule has 1 aliphatic heterocycles. The topological polar surface area (TPSA) is 115 Å². The molecule has 1 unspecified atom stereocenters.